The number of ether oxygens (including phenoxy) is 2. The fourth-order valence-electron chi connectivity index (χ4n) is 3.76. The van der Waals surface area contributed by atoms with Gasteiger partial charge in [0.1, 0.15) is 18.4 Å². The van der Waals surface area contributed by atoms with Crippen molar-refractivity contribution in [2.45, 2.75) is 19.4 Å². The predicted octanol–water partition coefficient (Wildman–Crippen LogP) is 2.40. The number of nitrogens with zero attached hydrogens (tertiary/aromatic N) is 4. The third-order valence-corrected chi connectivity index (χ3v) is 5.30. The van der Waals surface area contributed by atoms with Crippen LogP contribution in [-0.2, 0) is 4.79 Å². The van der Waals surface area contributed by atoms with E-state index in [9.17, 15) is 9.59 Å². The first-order chi connectivity index (χ1) is 14.6. The summed E-state index contributed by atoms with van der Waals surface area (Å²) >= 11 is 0. The number of benzene rings is 1. The zero-order chi connectivity index (χ0) is 20.9. The minimum Gasteiger partial charge on any atom is -0.494 e. The number of carbonyl (C=O) groups is 2. The van der Waals surface area contributed by atoms with E-state index in [1.54, 1.807) is 20.9 Å². The Balaban J connectivity index is 1.29. The maximum absolute atomic E-state index is 12.8. The number of pyridine rings is 1. The zero-order valence-corrected chi connectivity index (χ0v) is 17.1. The molecular weight excluding hydrogens is 384 g/mol. The molecule has 4 rings (SSSR count). The summed E-state index contributed by atoms with van der Waals surface area (Å²) in [4.78, 5) is 34.7. The lowest BCUT2D eigenvalue weighted by Gasteiger charge is -2.22. The van der Waals surface area contributed by atoms with Crippen LogP contribution in [0.15, 0.2) is 48.7 Å². The number of anilines is 1. The molecule has 2 aliphatic rings. The van der Waals surface area contributed by atoms with Crippen LogP contribution in [0, 0.1) is 0 Å². The van der Waals surface area contributed by atoms with Crippen molar-refractivity contribution in [3.63, 3.8) is 0 Å². The van der Waals surface area contributed by atoms with Gasteiger partial charge in [-0.2, -0.15) is 0 Å². The Morgan fingerprint density at radius 1 is 1.13 bits per heavy atom. The molecule has 1 aromatic carbocycles. The predicted molar refractivity (Wildman–Crippen MR) is 112 cm³/mol. The quantitative estimate of drug-likeness (QED) is 0.701. The van der Waals surface area contributed by atoms with E-state index in [1.165, 1.54) is 0 Å². The molecule has 1 atom stereocenters. The fraction of sp³-hybridized carbons (Fsp3) is 0.409. The van der Waals surface area contributed by atoms with Gasteiger partial charge in [0.25, 0.3) is 0 Å². The van der Waals surface area contributed by atoms with Gasteiger partial charge in [-0.05, 0) is 37.3 Å². The van der Waals surface area contributed by atoms with Gasteiger partial charge in [-0.25, -0.2) is 9.78 Å². The smallest absolute Gasteiger partial charge is 0.325 e. The topological polar surface area (TPSA) is 75.2 Å². The summed E-state index contributed by atoms with van der Waals surface area (Å²) in [5.74, 6) is 1.29. The molecular formula is C22H26N4O4. The summed E-state index contributed by atoms with van der Waals surface area (Å²) in [7, 11) is 0. The average Bonchev–Trinajstić information content (AvgIpc) is 3.37. The van der Waals surface area contributed by atoms with Crippen molar-refractivity contribution < 1.29 is 19.1 Å². The molecule has 8 nitrogen and oxygen atoms in total. The summed E-state index contributed by atoms with van der Waals surface area (Å²) in [6.07, 6.45) is 2.37. The number of rotatable bonds is 7. The SMILES string of the molecule is CCOc1ccc(N2CCN(CC(=O)N3CCC(Oc4ccccn4)C3)C2=O)cc1. The van der Waals surface area contributed by atoms with Crippen molar-refractivity contribution in [2.75, 3.05) is 44.2 Å². The van der Waals surface area contributed by atoms with Crippen molar-refractivity contribution in [2.24, 2.45) is 0 Å². The minimum atomic E-state index is -0.145. The van der Waals surface area contributed by atoms with Crippen LogP contribution in [0.5, 0.6) is 11.6 Å². The molecule has 2 aliphatic heterocycles. The van der Waals surface area contributed by atoms with Crippen LogP contribution in [0.25, 0.3) is 0 Å². The van der Waals surface area contributed by atoms with Crippen molar-refractivity contribution in [3.8, 4) is 11.6 Å². The molecule has 0 spiro atoms. The Kier molecular flexibility index (Phi) is 6.02. The van der Waals surface area contributed by atoms with E-state index in [2.05, 4.69) is 4.98 Å². The molecule has 0 radical (unpaired) electrons. The van der Waals surface area contributed by atoms with E-state index in [-0.39, 0.29) is 24.6 Å². The average molecular weight is 410 g/mol. The van der Waals surface area contributed by atoms with Crippen LogP contribution in [0.2, 0.25) is 0 Å². The molecule has 3 amide bonds. The number of amides is 3. The summed E-state index contributed by atoms with van der Waals surface area (Å²) in [6, 6.07) is 12.8. The first-order valence-corrected chi connectivity index (χ1v) is 10.3. The van der Waals surface area contributed by atoms with Gasteiger partial charge in [0, 0.05) is 44.0 Å². The number of carbonyl (C=O) groups excluding carboxylic acids is 2. The number of aromatic nitrogens is 1. The van der Waals surface area contributed by atoms with E-state index in [0.29, 0.717) is 38.7 Å². The Morgan fingerprint density at radius 3 is 2.70 bits per heavy atom. The molecule has 8 heteroatoms. The number of hydrogen-bond acceptors (Lipinski definition) is 5. The molecule has 3 heterocycles. The normalized spacial score (nSPS) is 18.8. The highest BCUT2D eigenvalue weighted by atomic mass is 16.5. The Morgan fingerprint density at radius 2 is 1.97 bits per heavy atom. The second-order valence-corrected chi connectivity index (χ2v) is 7.32. The molecule has 1 unspecified atom stereocenters. The standard InChI is InChI=1S/C22H26N4O4/c1-2-29-18-8-6-17(7-9-18)26-14-13-25(22(26)28)16-21(27)24-12-10-19(15-24)30-20-5-3-4-11-23-20/h3-9,11,19H,2,10,12-16H2,1H3. The monoisotopic (exact) mass is 410 g/mol. The highest BCUT2D eigenvalue weighted by Gasteiger charge is 2.34. The summed E-state index contributed by atoms with van der Waals surface area (Å²) in [6.45, 7) is 4.84. The third kappa shape index (κ3) is 4.48. The third-order valence-electron chi connectivity index (χ3n) is 5.30. The van der Waals surface area contributed by atoms with Crippen LogP contribution in [0.3, 0.4) is 0 Å². The molecule has 0 bridgehead atoms. The van der Waals surface area contributed by atoms with E-state index in [0.717, 1.165) is 17.9 Å². The Labute approximate surface area is 176 Å². The molecule has 30 heavy (non-hydrogen) atoms. The van der Waals surface area contributed by atoms with Crippen molar-refractivity contribution in [1.82, 2.24) is 14.8 Å². The van der Waals surface area contributed by atoms with Gasteiger partial charge < -0.3 is 19.3 Å². The lowest BCUT2D eigenvalue weighted by molar-refractivity contribution is -0.130. The maximum atomic E-state index is 12.8. The summed E-state index contributed by atoms with van der Waals surface area (Å²) < 4.78 is 11.3. The highest BCUT2D eigenvalue weighted by molar-refractivity contribution is 5.96. The molecule has 2 aromatic rings. The zero-order valence-electron chi connectivity index (χ0n) is 17.1. The van der Waals surface area contributed by atoms with Gasteiger partial charge in [0.05, 0.1) is 13.2 Å². The Bertz CT molecular complexity index is 874. The minimum absolute atomic E-state index is 0.0518. The van der Waals surface area contributed by atoms with Gasteiger partial charge in [-0.3, -0.25) is 9.69 Å². The molecule has 158 valence electrons. The molecule has 0 saturated carbocycles. The number of likely N-dealkylation sites (tertiary alicyclic amines) is 1. The van der Waals surface area contributed by atoms with Gasteiger partial charge >= 0.3 is 6.03 Å². The van der Waals surface area contributed by atoms with Crippen LogP contribution in [0.1, 0.15) is 13.3 Å². The van der Waals surface area contributed by atoms with E-state index >= 15 is 0 Å². The summed E-state index contributed by atoms with van der Waals surface area (Å²) in [5, 5.41) is 0. The first kappa shape index (κ1) is 20.0. The second-order valence-electron chi connectivity index (χ2n) is 7.32. The number of urea groups is 1. The molecule has 0 N–H and O–H groups in total. The van der Waals surface area contributed by atoms with Crippen molar-refractivity contribution >= 4 is 17.6 Å². The highest BCUT2D eigenvalue weighted by Crippen LogP contribution is 2.24. The largest absolute Gasteiger partial charge is 0.494 e. The van der Waals surface area contributed by atoms with E-state index in [4.69, 9.17) is 9.47 Å². The van der Waals surface area contributed by atoms with Crippen LogP contribution in [0.4, 0.5) is 10.5 Å². The van der Waals surface area contributed by atoms with Crippen molar-refractivity contribution in [3.05, 3.63) is 48.7 Å². The second kappa shape index (κ2) is 9.02. The molecule has 2 fully saturated rings. The maximum Gasteiger partial charge on any atom is 0.325 e. The number of hydrogen-bond donors (Lipinski definition) is 0. The van der Waals surface area contributed by atoms with Crippen molar-refractivity contribution in [1.29, 1.82) is 0 Å². The molecule has 0 aliphatic carbocycles. The van der Waals surface area contributed by atoms with Gasteiger partial charge in [0.2, 0.25) is 11.8 Å². The van der Waals surface area contributed by atoms with E-state index in [1.807, 2.05) is 49.4 Å². The van der Waals surface area contributed by atoms with Gasteiger partial charge in [0.15, 0.2) is 0 Å². The van der Waals surface area contributed by atoms with Crippen LogP contribution in [-0.4, -0.2) is 72.2 Å². The Hall–Kier alpha value is -3.29. The van der Waals surface area contributed by atoms with Crippen LogP contribution >= 0.6 is 0 Å². The first-order valence-electron chi connectivity index (χ1n) is 10.3. The van der Waals surface area contributed by atoms with E-state index < -0.39 is 0 Å². The fourth-order valence-corrected chi connectivity index (χ4v) is 3.76. The van der Waals surface area contributed by atoms with Gasteiger partial charge in [-0.15, -0.1) is 0 Å². The molecule has 1 aromatic heterocycles. The lowest BCUT2D eigenvalue weighted by atomic mass is 10.3. The lowest BCUT2D eigenvalue weighted by Crippen LogP contribution is -2.42. The molecule has 2 saturated heterocycles. The van der Waals surface area contributed by atoms with Crippen LogP contribution < -0.4 is 14.4 Å². The summed E-state index contributed by atoms with van der Waals surface area (Å²) in [5.41, 5.74) is 0.809. The van der Waals surface area contributed by atoms with Gasteiger partial charge in [-0.1, -0.05) is 6.07 Å².